The van der Waals surface area contributed by atoms with Crippen molar-refractivity contribution >= 4 is 24.0 Å². The van der Waals surface area contributed by atoms with Crippen LogP contribution < -0.4 is 0 Å². The highest BCUT2D eigenvalue weighted by molar-refractivity contribution is 6.77. The van der Waals surface area contributed by atoms with Gasteiger partial charge in [0.2, 0.25) is 9.76 Å². The molecular formula is C17H36O3Si2. The van der Waals surface area contributed by atoms with E-state index in [-0.39, 0.29) is 18.0 Å². The monoisotopic (exact) mass is 344 g/mol. The molecule has 0 spiro atoms. The number of hydrogen-bond acceptors (Lipinski definition) is 3. The molecule has 0 rings (SSSR count). The highest BCUT2D eigenvalue weighted by Gasteiger charge is 2.46. The molecule has 0 saturated heterocycles. The third kappa shape index (κ3) is 6.16. The Hall–Kier alpha value is -0.136. The normalized spacial score (nSPS) is 18.6. The van der Waals surface area contributed by atoms with Crippen LogP contribution in [0.3, 0.4) is 0 Å². The minimum Gasteiger partial charge on any atom is -0.518 e. The fourth-order valence-corrected chi connectivity index (χ4v) is 8.57. The lowest BCUT2D eigenvalue weighted by Crippen LogP contribution is -2.48. The minimum absolute atomic E-state index is 0.00558. The van der Waals surface area contributed by atoms with E-state index in [1.54, 1.807) is 0 Å². The largest absolute Gasteiger partial charge is 0.518 e. The van der Waals surface area contributed by atoms with Crippen molar-refractivity contribution in [3.63, 3.8) is 0 Å². The Morgan fingerprint density at radius 3 is 1.86 bits per heavy atom. The van der Waals surface area contributed by atoms with Crippen LogP contribution in [-0.4, -0.2) is 30.2 Å². The summed E-state index contributed by atoms with van der Waals surface area (Å²) in [5.74, 6) is -0.0717. The maximum atomic E-state index is 12.6. The van der Waals surface area contributed by atoms with Crippen molar-refractivity contribution in [2.45, 2.75) is 97.5 Å². The van der Waals surface area contributed by atoms with E-state index in [1.165, 1.54) is 0 Å². The molecule has 0 aromatic carbocycles. The molecule has 3 atom stereocenters. The molecule has 2 radical (unpaired) electrons. The van der Waals surface area contributed by atoms with Gasteiger partial charge in [0.1, 0.15) is 0 Å². The van der Waals surface area contributed by atoms with Crippen LogP contribution in [0.1, 0.15) is 68.2 Å². The Labute approximate surface area is 141 Å². The summed E-state index contributed by atoms with van der Waals surface area (Å²) in [5, 5.41) is 0. The molecule has 0 aliphatic carbocycles. The number of hydrogen-bond donors (Lipinski definition) is 0. The molecule has 5 heteroatoms. The van der Waals surface area contributed by atoms with Crippen molar-refractivity contribution in [3.05, 3.63) is 0 Å². The third-order valence-electron chi connectivity index (χ3n) is 4.85. The maximum absolute atomic E-state index is 12.6. The van der Waals surface area contributed by atoms with Gasteiger partial charge in [0.15, 0.2) is 0 Å². The lowest BCUT2D eigenvalue weighted by atomic mass is 10.2. The Bertz CT molecular complexity index is 311. The molecule has 0 saturated carbocycles. The first-order valence-corrected chi connectivity index (χ1v) is 12.2. The van der Waals surface area contributed by atoms with Crippen LogP contribution in [0.2, 0.25) is 23.2 Å². The molecule has 22 heavy (non-hydrogen) atoms. The van der Waals surface area contributed by atoms with Crippen LogP contribution in [-0.2, 0) is 13.6 Å². The van der Waals surface area contributed by atoms with Crippen LogP contribution in [0.15, 0.2) is 0 Å². The first kappa shape index (κ1) is 21.9. The zero-order valence-electron chi connectivity index (χ0n) is 15.9. The lowest BCUT2D eigenvalue weighted by molar-refractivity contribution is -0.139. The van der Waals surface area contributed by atoms with Gasteiger partial charge in [0.05, 0.1) is 5.92 Å². The Morgan fingerprint density at radius 1 is 1.00 bits per heavy atom. The van der Waals surface area contributed by atoms with Crippen molar-refractivity contribution in [2.24, 2.45) is 5.92 Å². The topological polar surface area (TPSA) is 35.5 Å². The van der Waals surface area contributed by atoms with Crippen LogP contribution >= 0.6 is 0 Å². The van der Waals surface area contributed by atoms with Crippen LogP contribution in [0, 0.1) is 5.92 Å². The fraction of sp³-hybridized carbons (Fsp3) is 0.941. The van der Waals surface area contributed by atoms with Gasteiger partial charge in [-0.25, -0.2) is 0 Å². The summed E-state index contributed by atoms with van der Waals surface area (Å²) >= 11 is 0. The quantitative estimate of drug-likeness (QED) is 0.484. The van der Waals surface area contributed by atoms with E-state index in [2.05, 4.69) is 34.6 Å². The van der Waals surface area contributed by atoms with E-state index in [4.69, 9.17) is 8.85 Å². The smallest absolute Gasteiger partial charge is 0.295 e. The molecule has 0 aliphatic heterocycles. The van der Waals surface area contributed by atoms with Crippen LogP contribution in [0.5, 0.6) is 0 Å². The van der Waals surface area contributed by atoms with Gasteiger partial charge in [-0.05, 0) is 37.0 Å². The summed E-state index contributed by atoms with van der Waals surface area (Å²) in [6, 6.07) is 1.78. The molecule has 0 heterocycles. The molecule has 130 valence electrons. The predicted octanol–water partition coefficient (Wildman–Crippen LogP) is 5.19. The van der Waals surface area contributed by atoms with Crippen molar-refractivity contribution < 1.29 is 13.6 Å². The summed E-state index contributed by atoms with van der Waals surface area (Å²) in [7, 11) is -1.67. The zero-order valence-corrected chi connectivity index (χ0v) is 17.9. The molecule has 3 nitrogen and oxygen atoms in total. The average Bonchev–Trinajstić information content (AvgIpc) is 2.50. The molecule has 0 amide bonds. The first-order chi connectivity index (χ1) is 10.2. The molecule has 0 bridgehead atoms. The summed E-state index contributed by atoms with van der Waals surface area (Å²) in [4.78, 5) is 12.6. The van der Waals surface area contributed by atoms with Gasteiger partial charge in [-0.15, -0.1) is 0 Å². The summed E-state index contributed by atoms with van der Waals surface area (Å²) in [6.07, 6.45) is 2.40. The predicted molar refractivity (Wildman–Crippen MR) is 97.7 cm³/mol. The molecule has 0 aromatic heterocycles. The molecule has 0 aromatic rings. The van der Waals surface area contributed by atoms with Gasteiger partial charge in [0.25, 0.3) is 14.3 Å². The molecule has 0 fully saturated rings. The SMILES string of the molecule is CCC(C)[Si](CC)(OC(=O)C(C)C[Si]OC(C)C)C(C)CC. The van der Waals surface area contributed by atoms with Gasteiger partial charge >= 0.3 is 0 Å². The lowest BCUT2D eigenvalue weighted by Gasteiger charge is -2.40. The second-order valence-electron chi connectivity index (χ2n) is 6.76. The van der Waals surface area contributed by atoms with E-state index in [0.717, 1.165) is 24.9 Å². The van der Waals surface area contributed by atoms with Crippen molar-refractivity contribution in [3.8, 4) is 0 Å². The Morgan fingerprint density at radius 2 is 1.50 bits per heavy atom. The van der Waals surface area contributed by atoms with Gasteiger partial charge in [-0.1, -0.05) is 54.4 Å². The fourth-order valence-electron chi connectivity index (χ4n) is 2.86. The van der Waals surface area contributed by atoms with Crippen molar-refractivity contribution in [1.29, 1.82) is 0 Å². The number of rotatable bonds is 11. The summed E-state index contributed by atoms with van der Waals surface area (Å²) < 4.78 is 11.8. The average molecular weight is 345 g/mol. The maximum Gasteiger partial charge on any atom is 0.295 e. The second kappa shape index (κ2) is 10.6. The number of carbonyl (C=O) groups is 1. The third-order valence-corrected chi connectivity index (χ3v) is 12.1. The van der Waals surface area contributed by atoms with Crippen molar-refractivity contribution in [2.75, 3.05) is 0 Å². The van der Waals surface area contributed by atoms with Gasteiger partial charge in [0, 0.05) is 6.10 Å². The van der Waals surface area contributed by atoms with Gasteiger partial charge in [-0.2, -0.15) is 0 Å². The van der Waals surface area contributed by atoms with E-state index in [9.17, 15) is 4.79 Å². The molecule has 0 N–H and O–H groups in total. The highest BCUT2D eigenvalue weighted by Crippen LogP contribution is 2.41. The van der Waals surface area contributed by atoms with Crippen molar-refractivity contribution in [1.82, 2.24) is 0 Å². The standard InChI is InChI=1S/C17H36O3Si2/c1-9-15(7)22(11-3,16(8)10-2)20-17(18)14(6)12-21-19-13(4)5/h13-16H,9-12H2,1-8H3. The highest BCUT2D eigenvalue weighted by atomic mass is 28.4. The Kier molecular flexibility index (Phi) is 10.5. The van der Waals surface area contributed by atoms with Gasteiger partial charge in [-0.3, -0.25) is 4.79 Å². The Balaban J connectivity index is 4.87. The van der Waals surface area contributed by atoms with E-state index in [1.807, 2.05) is 20.8 Å². The molecular weight excluding hydrogens is 308 g/mol. The van der Waals surface area contributed by atoms with Crippen LogP contribution in [0.4, 0.5) is 0 Å². The van der Waals surface area contributed by atoms with E-state index < -0.39 is 8.32 Å². The first-order valence-electron chi connectivity index (χ1n) is 8.86. The second-order valence-corrected chi connectivity index (χ2v) is 12.5. The van der Waals surface area contributed by atoms with Gasteiger partial charge < -0.3 is 8.85 Å². The summed E-state index contributed by atoms with van der Waals surface area (Å²) in [5.41, 5.74) is 1.02. The van der Waals surface area contributed by atoms with Crippen LogP contribution in [0.25, 0.3) is 0 Å². The molecule has 0 aliphatic rings. The zero-order chi connectivity index (χ0) is 17.3. The molecule has 3 unspecified atom stereocenters. The minimum atomic E-state index is -2.05. The van der Waals surface area contributed by atoms with E-state index in [0.29, 0.717) is 20.8 Å². The number of carbonyl (C=O) groups excluding carboxylic acids is 1. The van der Waals surface area contributed by atoms with E-state index >= 15 is 0 Å². The summed E-state index contributed by atoms with van der Waals surface area (Å²) in [6.45, 7) is 17.2.